The molecule has 5 heteroatoms. The molecule has 0 unspecified atom stereocenters. The van der Waals surface area contributed by atoms with Crippen LogP contribution in [-0.2, 0) is 27.3 Å². The van der Waals surface area contributed by atoms with E-state index >= 15 is 0 Å². The highest BCUT2D eigenvalue weighted by molar-refractivity contribution is 5.56. The van der Waals surface area contributed by atoms with Crippen LogP contribution in [-0.4, -0.2) is 13.4 Å². The molecular weight excluding hydrogens is 308 g/mol. The molecule has 0 radical (unpaired) electrons. The lowest BCUT2D eigenvalue weighted by atomic mass is 10.1. The van der Waals surface area contributed by atoms with Crippen LogP contribution in [0.1, 0.15) is 23.0 Å². The molecule has 0 spiro atoms. The minimum Gasteiger partial charge on any atom is -0.497 e. The highest BCUT2D eigenvalue weighted by atomic mass is 16.7. The van der Waals surface area contributed by atoms with Crippen molar-refractivity contribution >= 4 is 6.29 Å². The van der Waals surface area contributed by atoms with Crippen LogP contribution in [0.15, 0.2) is 55.0 Å². The number of aldehydes is 1. The maximum absolute atomic E-state index is 10.7. The third-order valence-electron chi connectivity index (χ3n) is 3.66. The van der Waals surface area contributed by atoms with Crippen LogP contribution in [0, 0.1) is 0 Å². The van der Waals surface area contributed by atoms with Gasteiger partial charge < -0.3 is 23.7 Å². The predicted octanol–water partition coefficient (Wildman–Crippen LogP) is 3.53. The zero-order chi connectivity index (χ0) is 16.8. The molecule has 0 saturated carbocycles. The van der Waals surface area contributed by atoms with Gasteiger partial charge in [-0.3, -0.25) is 0 Å². The van der Waals surface area contributed by atoms with Gasteiger partial charge in [0.1, 0.15) is 36.9 Å². The van der Waals surface area contributed by atoms with Crippen molar-refractivity contribution in [3.8, 4) is 11.5 Å². The predicted molar refractivity (Wildman–Crippen MR) is 87.6 cm³/mol. The van der Waals surface area contributed by atoms with Gasteiger partial charge in [0.15, 0.2) is 0 Å². The Kier molecular flexibility index (Phi) is 5.01. The van der Waals surface area contributed by atoms with Crippen LogP contribution in [0.25, 0.3) is 0 Å². The topological polar surface area (TPSA) is 54.0 Å². The maximum Gasteiger partial charge on any atom is 0.269 e. The van der Waals surface area contributed by atoms with Crippen LogP contribution in [0.2, 0.25) is 0 Å². The van der Waals surface area contributed by atoms with Gasteiger partial charge in [-0.1, -0.05) is 18.2 Å². The average molecular weight is 326 g/mol. The second-order valence-corrected chi connectivity index (χ2v) is 5.26. The van der Waals surface area contributed by atoms with E-state index in [-0.39, 0.29) is 0 Å². The van der Waals surface area contributed by atoms with Crippen molar-refractivity contribution in [3.63, 3.8) is 0 Å². The monoisotopic (exact) mass is 326 g/mol. The zero-order valence-electron chi connectivity index (χ0n) is 13.3. The molecule has 0 amide bonds. The fourth-order valence-corrected chi connectivity index (χ4v) is 2.41. The third-order valence-corrected chi connectivity index (χ3v) is 3.66. The molecule has 1 aliphatic heterocycles. The molecule has 0 bridgehead atoms. The van der Waals surface area contributed by atoms with E-state index < -0.39 is 6.29 Å². The lowest BCUT2D eigenvalue weighted by molar-refractivity contribution is -0.107. The Hall–Kier alpha value is -2.95. The van der Waals surface area contributed by atoms with E-state index in [4.69, 9.17) is 18.9 Å². The molecule has 1 heterocycles. The number of benzene rings is 2. The fraction of sp³-hybridized carbons (Fsp3) is 0.211. The third kappa shape index (κ3) is 3.68. The summed E-state index contributed by atoms with van der Waals surface area (Å²) in [6.45, 7) is 0.407. The van der Waals surface area contributed by atoms with Crippen LogP contribution < -0.4 is 9.47 Å². The van der Waals surface area contributed by atoms with Crippen molar-refractivity contribution in [2.45, 2.75) is 19.3 Å². The van der Waals surface area contributed by atoms with Crippen molar-refractivity contribution in [1.29, 1.82) is 0 Å². The highest BCUT2D eigenvalue weighted by Crippen LogP contribution is 2.33. The standard InChI is InChI=1S/C19H18O5/c1-21-16-5-2-15(3-6-16)13-24-18-7-4-14(8-9-20)12-17(18)19-22-10-11-23-19/h2-7,9-12,19H,8,13H2,1H3. The van der Waals surface area contributed by atoms with E-state index in [2.05, 4.69) is 0 Å². The number of hydrogen-bond donors (Lipinski definition) is 0. The van der Waals surface area contributed by atoms with Crippen LogP contribution in [0.3, 0.4) is 0 Å². The van der Waals surface area contributed by atoms with Crippen LogP contribution in [0.5, 0.6) is 11.5 Å². The number of carbonyl (C=O) groups excluding carboxylic acids is 1. The summed E-state index contributed by atoms with van der Waals surface area (Å²) in [5.41, 5.74) is 2.66. The molecule has 124 valence electrons. The average Bonchev–Trinajstić information content (AvgIpc) is 3.16. The Bertz CT molecular complexity index is 713. The summed E-state index contributed by atoms with van der Waals surface area (Å²) < 4.78 is 21.9. The summed E-state index contributed by atoms with van der Waals surface area (Å²) in [4.78, 5) is 10.7. The molecule has 0 aliphatic carbocycles. The van der Waals surface area contributed by atoms with Gasteiger partial charge in [0.25, 0.3) is 6.29 Å². The first-order chi connectivity index (χ1) is 11.8. The van der Waals surface area contributed by atoms with Crippen molar-refractivity contribution in [2.75, 3.05) is 7.11 Å². The normalized spacial score (nSPS) is 13.2. The van der Waals surface area contributed by atoms with Gasteiger partial charge >= 0.3 is 0 Å². The largest absolute Gasteiger partial charge is 0.497 e. The summed E-state index contributed by atoms with van der Waals surface area (Å²) in [7, 11) is 1.63. The molecule has 2 aromatic rings. The van der Waals surface area contributed by atoms with Gasteiger partial charge in [-0.15, -0.1) is 0 Å². The van der Waals surface area contributed by atoms with Crippen molar-refractivity contribution in [3.05, 3.63) is 71.7 Å². The van der Waals surface area contributed by atoms with Crippen molar-refractivity contribution in [2.24, 2.45) is 0 Å². The first-order valence-corrected chi connectivity index (χ1v) is 7.58. The molecule has 5 nitrogen and oxygen atoms in total. The first-order valence-electron chi connectivity index (χ1n) is 7.58. The number of rotatable bonds is 7. The van der Waals surface area contributed by atoms with E-state index in [0.717, 1.165) is 28.7 Å². The lowest BCUT2D eigenvalue weighted by Crippen LogP contribution is -2.05. The summed E-state index contributed by atoms with van der Waals surface area (Å²) in [6, 6.07) is 13.2. The summed E-state index contributed by atoms with van der Waals surface area (Å²) in [6.07, 6.45) is 3.63. The van der Waals surface area contributed by atoms with Gasteiger partial charge in [-0.05, 0) is 35.4 Å². The molecule has 0 fully saturated rings. The van der Waals surface area contributed by atoms with Gasteiger partial charge in [0.05, 0.1) is 12.7 Å². The Balaban J connectivity index is 1.76. The number of hydrogen-bond acceptors (Lipinski definition) is 5. The second kappa shape index (κ2) is 7.55. The summed E-state index contributed by atoms with van der Waals surface area (Å²) >= 11 is 0. The van der Waals surface area contributed by atoms with Gasteiger partial charge in [-0.25, -0.2) is 0 Å². The van der Waals surface area contributed by atoms with Crippen LogP contribution in [0.4, 0.5) is 0 Å². The molecule has 3 rings (SSSR count). The molecule has 1 aliphatic rings. The molecule has 2 aromatic carbocycles. The Labute approximate surface area is 140 Å². The van der Waals surface area contributed by atoms with Crippen molar-refractivity contribution < 1.29 is 23.7 Å². The minimum absolute atomic E-state index is 0.339. The van der Waals surface area contributed by atoms with E-state index in [1.807, 2.05) is 42.5 Å². The van der Waals surface area contributed by atoms with E-state index in [9.17, 15) is 4.79 Å². The summed E-state index contributed by atoms with van der Waals surface area (Å²) in [5.74, 6) is 1.46. The van der Waals surface area contributed by atoms with Gasteiger partial charge in [0, 0.05) is 6.42 Å². The molecule has 0 N–H and O–H groups in total. The first kappa shape index (κ1) is 15.9. The lowest BCUT2D eigenvalue weighted by Gasteiger charge is -2.17. The smallest absolute Gasteiger partial charge is 0.269 e. The Morgan fingerprint density at radius 3 is 2.42 bits per heavy atom. The minimum atomic E-state index is -0.553. The Morgan fingerprint density at radius 2 is 1.75 bits per heavy atom. The second-order valence-electron chi connectivity index (χ2n) is 5.26. The van der Waals surface area contributed by atoms with Crippen LogP contribution >= 0.6 is 0 Å². The molecule has 0 saturated heterocycles. The number of methoxy groups -OCH3 is 1. The maximum atomic E-state index is 10.7. The van der Waals surface area contributed by atoms with Crippen molar-refractivity contribution in [1.82, 2.24) is 0 Å². The number of carbonyl (C=O) groups is 1. The van der Waals surface area contributed by atoms with E-state index in [1.165, 1.54) is 12.5 Å². The SMILES string of the molecule is COc1ccc(COc2ccc(CC=O)cc2C2OC=CO2)cc1. The zero-order valence-corrected chi connectivity index (χ0v) is 13.3. The Morgan fingerprint density at radius 1 is 1.04 bits per heavy atom. The van der Waals surface area contributed by atoms with Gasteiger partial charge in [-0.2, -0.15) is 0 Å². The highest BCUT2D eigenvalue weighted by Gasteiger charge is 2.21. The molecule has 0 aromatic heterocycles. The van der Waals surface area contributed by atoms with Gasteiger partial charge in [0.2, 0.25) is 0 Å². The summed E-state index contributed by atoms with van der Waals surface area (Å²) in [5, 5.41) is 0. The van der Waals surface area contributed by atoms with E-state index in [1.54, 1.807) is 7.11 Å². The molecule has 0 atom stereocenters. The van der Waals surface area contributed by atoms with E-state index in [0.29, 0.717) is 18.8 Å². The number of ether oxygens (including phenoxy) is 4. The molecule has 24 heavy (non-hydrogen) atoms. The molecular formula is C19H18O5. The fourth-order valence-electron chi connectivity index (χ4n) is 2.41. The quantitative estimate of drug-likeness (QED) is 0.729.